The van der Waals surface area contributed by atoms with Gasteiger partial charge in [0.15, 0.2) is 11.4 Å². The summed E-state index contributed by atoms with van der Waals surface area (Å²) in [5.74, 6) is -0.521. The Morgan fingerprint density at radius 3 is 2.49 bits per heavy atom. The van der Waals surface area contributed by atoms with Crippen LogP contribution in [0.5, 0.6) is 11.5 Å². The van der Waals surface area contributed by atoms with Gasteiger partial charge in [-0.2, -0.15) is 0 Å². The van der Waals surface area contributed by atoms with Crippen LogP contribution in [0.4, 0.5) is 0 Å². The summed E-state index contributed by atoms with van der Waals surface area (Å²) in [6, 6.07) is 11.8. The van der Waals surface area contributed by atoms with E-state index in [2.05, 4.69) is 22.4 Å². The predicted molar refractivity (Wildman–Crippen MR) is 131 cm³/mol. The summed E-state index contributed by atoms with van der Waals surface area (Å²) >= 11 is 0. The number of benzene rings is 1. The number of esters is 1. The summed E-state index contributed by atoms with van der Waals surface area (Å²) in [4.78, 5) is 40.7. The zero-order valence-corrected chi connectivity index (χ0v) is 20.8. The van der Waals surface area contributed by atoms with Gasteiger partial charge in [-0.1, -0.05) is 43.2 Å². The molecule has 8 nitrogen and oxygen atoms in total. The largest absolute Gasteiger partial charge is 0.493 e. The third-order valence-electron chi connectivity index (χ3n) is 6.45. The van der Waals surface area contributed by atoms with Gasteiger partial charge in [0.25, 0.3) is 5.91 Å². The van der Waals surface area contributed by atoms with E-state index in [4.69, 9.17) is 14.2 Å². The van der Waals surface area contributed by atoms with Gasteiger partial charge in [0, 0.05) is 25.1 Å². The number of pyridine rings is 1. The molecule has 8 heteroatoms. The zero-order chi connectivity index (χ0) is 25.4. The normalized spacial score (nSPS) is 17.1. The lowest BCUT2D eigenvalue weighted by molar-refractivity contribution is -0.132. The number of hydrogen-bond donors (Lipinski definition) is 1. The van der Waals surface area contributed by atoms with E-state index in [1.165, 1.54) is 44.7 Å². The van der Waals surface area contributed by atoms with Gasteiger partial charge in [-0.3, -0.25) is 9.59 Å². The molecule has 3 rings (SSSR count). The van der Waals surface area contributed by atoms with Crippen molar-refractivity contribution in [2.24, 2.45) is 5.92 Å². The fourth-order valence-electron chi connectivity index (χ4n) is 4.74. The van der Waals surface area contributed by atoms with Crippen LogP contribution in [0.2, 0.25) is 0 Å². The van der Waals surface area contributed by atoms with E-state index >= 15 is 0 Å². The number of rotatable bonds is 11. The number of aldehydes is 1. The number of ether oxygens (including phenoxy) is 3. The number of hydrogen-bond acceptors (Lipinski definition) is 7. The molecule has 1 N–H and O–H groups in total. The van der Waals surface area contributed by atoms with Crippen LogP contribution in [0.3, 0.4) is 0 Å². The SMILES string of the molecule is COc1ccnc(C(=O)N[C@](C)(C=O)COC(C)[C@H](c2ccccc2)C2CCCC2)c1OC(C)=O. The van der Waals surface area contributed by atoms with Crippen molar-refractivity contribution in [2.75, 3.05) is 13.7 Å². The first-order chi connectivity index (χ1) is 16.8. The molecule has 35 heavy (non-hydrogen) atoms. The Morgan fingerprint density at radius 2 is 1.89 bits per heavy atom. The molecule has 1 aliphatic carbocycles. The zero-order valence-electron chi connectivity index (χ0n) is 20.8. The van der Waals surface area contributed by atoms with E-state index in [1.807, 2.05) is 25.1 Å². The predicted octanol–water partition coefficient (Wildman–Crippen LogP) is 4.08. The van der Waals surface area contributed by atoms with Crippen LogP contribution >= 0.6 is 0 Å². The van der Waals surface area contributed by atoms with Crippen LogP contribution in [-0.4, -0.2) is 48.5 Å². The molecule has 1 aromatic heterocycles. The minimum atomic E-state index is -1.32. The van der Waals surface area contributed by atoms with Crippen molar-refractivity contribution in [3.05, 3.63) is 53.9 Å². The number of carbonyl (C=O) groups is 3. The minimum absolute atomic E-state index is 0.0215. The number of carbonyl (C=O) groups excluding carboxylic acids is 3. The number of amides is 1. The van der Waals surface area contributed by atoms with E-state index in [9.17, 15) is 14.4 Å². The third-order valence-corrected chi connectivity index (χ3v) is 6.45. The fourth-order valence-corrected chi connectivity index (χ4v) is 4.74. The molecule has 0 bridgehead atoms. The first kappa shape index (κ1) is 26.3. The van der Waals surface area contributed by atoms with Gasteiger partial charge in [0.05, 0.1) is 19.8 Å². The highest BCUT2D eigenvalue weighted by atomic mass is 16.6. The highest BCUT2D eigenvalue weighted by Crippen LogP contribution is 2.40. The molecule has 0 radical (unpaired) electrons. The molecule has 1 saturated carbocycles. The van der Waals surface area contributed by atoms with Crippen LogP contribution < -0.4 is 14.8 Å². The Hall–Kier alpha value is -3.26. The van der Waals surface area contributed by atoms with Gasteiger partial charge < -0.3 is 24.3 Å². The molecular weight excluding hydrogens is 448 g/mol. The Bertz CT molecular complexity index is 1020. The van der Waals surface area contributed by atoms with Gasteiger partial charge >= 0.3 is 5.97 Å². The maximum atomic E-state index is 13.1. The molecule has 188 valence electrons. The fraction of sp³-hybridized carbons (Fsp3) is 0.481. The number of nitrogens with one attached hydrogen (secondary N) is 1. The van der Waals surface area contributed by atoms with Gasteiger partial charge in [0.1, 0.15) is 11.8 Å². The summed E-state index contributed by atoms with van der Waals surface area (Å²) in [7, 11) is 1.39. The Kier molecular flexibility index (Phi) is 8.98. The molecule has 1 unspecified atom stereocenters. The van der Waals surface area contributed by atoms with Crippen molar-refractivity contribution in [2.45, 2.75) is 64.0 Å². The molecule has 0 saturated heterocycles. The summed E-state index contributed by atoms with van der Waals surface area (Å²) in [6.45, 7) is 4.80. The van der Waals surface area contributed by atoms with Crippen molar-refractivity contribution in [1.82, 2.24) is 10.3 Å². The van der Waals surface area contributed by atoms with E-state index in [0.717, 1.165) is 12.8 Å². The second-order valence-corrected chi connectivity index (χ2v) is 9.27. The second kappa shape index (κ2) is 11.9. The lowest BCUT2D eigenvalue weighted by Crippen LogP contribution is -2.52. The highest BCUT2D eigenvalue weighted by molar-refractivity contribution is 5.98. The molecule has 1 amide bonds. The van der Waals surface area contributed by atoms with Gasteiger partial charge in [-0.05, 0) is 38.2 Å². The smallest absolute Gasteiger partial charge is 0.308 e. The molecule has 0 aliphatic heterocycles. The minimum Gasteiger partial charge on any atom is -0.493 e. The summed E-state index contributed by atoms with van der Waals surface area (Å²) in [5.41, 5.74) is -0.260. The maximum absolute atomic E-state index is 13.1. The molecule has 3 atom stereocenters. The van der Waals surface area contributed by atoms with Crippen LogP contribution in [0.1, 0.15) is 68.4 Å². The molecule has 1 heterocycles. The van der Waals surface area contributed by atoms with Crippen LogP contribution in [0.15, 0.2) is 42.6 Å². The van der Waals surface area contributed by atoms with E-state index in [-0.39, 0.29) is 35.8 Å². The summed E-state index contributed by atoms with van der Waals surface area (Å²) in [6.07, 6.45) is 6.57. The van der Waals surface area contributed by atoms with Gasteiger partial charge in [-0.25, -0.2) is 4.98 Å². The van der Waals surface area contributed by atoms with Gasteiger partial charge in [-0.15, -0.1) is 0 Å². The average molecular weight is 483 g/mol. The van der Waals surface area contributed by atoms with Gasteiger partial charge in [0.2, 0.25) is 5.75 Å². The Balaban J connectivity index is 1.75. The van der Waals surface area contributed by atoms with Crippen LogP contribution in [0, 0.1) is 5.92 Å². The molecular formula is C27H34N2O6. The third kappa shape index (κ3) is 6.66. The lowest BCUT2D eigenvalue weighted by atomic mass is 9.81. The first-order valence-corrected chi connectivity index (χ1v) is 11.9. The maximum Gasteiger partial charge on any atom is 0.308 e. The molecule has 1 fully saturated rings. The number of methoxy groups -OCH3 is 1. The quantitative estimate of drug-likeness (QED) is 0.380. The monoisotopic (exact) mass is 482 g/mol. The van der Waals surface area contributed by atoms with Crippen molar-refractivity contribution in [3.8, 4) is 11.5 Å². The first-order valence-electron chi connectivity index (χ1n) is 11.9. The molecule has 1 aromatic carbocycles. The van der Waals surface area contributed by atoms with Crippen molar-refractivity contribution in [1.29, 1.82) is 0 Å². The van der Waals surface area contributed by atoms with Crippen LogP contribution in [-0.2, 0) is 14.3 Å². The van der Waals surface area contributed by atoms with Crippen molar-refractivity contribution < 1.29 is 28.6 Å². The topological polar surface area (TPSA) is 104 Å². The number of nitrogens with zero attached hydrogens (tertiary/aromatic N) is 1. The molecule has 1 aliphatic rings. The van der Waals surface area contributed by atoms with Crippen molar-refractivity contribution >= 4 is 18.2 Å². The standard InChI is InChI=1S/C27H34N2O6/c1-18(23(21-12-8-9-13-21)20-10-6-5-7-11-20)34-17-27(3,16-30)29-26(32)24-25(35-19(2)31)22(33-4)14-15-28-24/h5-7,10-11,14-16,18,21,23H,8-9,12-13,17H2,1-4H3,(H,29,32)/t18?,23-,27-/m1/s1. The van der Waals surface area contributed by atoms with Crippen LogP contribution in [0.25, 0.3) is 0 Å². The van der Waals surface area contributed by atoms with E-state index < -0.39 is 17.4 Å². The summed E-state index contributed by atoms with van der Waals surface area (Å²) in [5, 5.41) is 2.69. The second-order valence-electron chi connectivity index (χ2n) is 9.27. The molecule has 2 aromatic rings. The Morgan fingerprint density at radius 1 is 1.20 bits per heavy atom. The lowest BCUT2D eigenvalue weighted by Gasteiger charge is -2.33. The van der Waals surface area contributed by atoms with E-state index in [1.54, 1.807) is 6.92 Å². The Labute approximate surface area is 206 Å². The van der Waals surface area contributed by atoms with Crippen molar-refractivity contribution in [3.63, 3.8) is 0 Å². The summed E-state index contributed by atoms with van der Waals surface area (Å²) < 4.78 is 16.6. The number of aromatic nitrogens is 1. The highest BCUT2D eigenvalue weighted by Gasteiger charge is 2.35. The average Bonchev–Trinajstić information content (AvgIpc) is 3.37. The molecule has 0 spiro atoms. The van der Waals surface area contributed by atoms with E-state index in [0.29, 0.717) is 12.2 Å².